The van der Waals surface area contributed by atoms with E-state index in [1.54, 1.807) is 4.68 Å². The largest absolute Gasteiger partial charge is 0.490 e. The molecule has 3 N–H and O–H groups in total. The fourth-order valence-corrected chi connectivity index (χ4v) is 11.6. The lowest BCUT2D eigenvalue weighted by molar-refractivity contribution is -0.134. The Bertz CT molecular complexity index is 3200. The molecule has 370 valence electrons. The Kier molecular flexibility index (Phi) is 13.1. The zero-order valence-electron chi connectivity index (χ0n) is 40.3. The van der Waals surface area contributed by atoms with E-state index in [9.17, 15) is 24.3 Å². The number of carbonyl (C=O) groups is 4. The maximum atomic E-state index is 13.6. The van der Waals surface area contributed by atoms with Crippen molar-refractivity contribution in [2.75, 3.05) is 61.0 Å². The van der Waals surface area contributed by atoms with Gasteiger partial charge in [-0.25, -0.2) is 19.7 Å². The second kappa shape index (κ2) is 20.1. The van der Waals surface area contributed by atoms with E-state index >= 15 is 0 Å². The number of thiazole rings is 1. The van der Waals surface area contributed by atoms with Gasteiger partial charge in [0, 0.05) is 75.8 Å². The van der Waals surface area contributed by atoms with Crippen LogP contribution in [0.4, 0.5) is 16.8 Å². The van der Waals surface area contributed by atoms with Crippen molar-refractivity contribution >= 4 is 73.0 Å². The Hall–Kier alpha value is -7.28. The molecule has 2 saturated heterocycles. The number of carbonyl (C=O) groups excluding carboxylic acids is 3. The number of ether oxygens (including phenoxy) is 2. The number of aryl methyl sites for hydroxylation is 2. The van der Waals surface area contributed by atoms with Gasteiger partial charge in [-0.05, 0) is 122 Å². The number of para-hydroxylation sites is 1. The molecule has 3 fully saturated rings. The fourth-order valence-electron chi connectivity index (χ4n) is 10.7. The molecule has 0 bridgehead atoms. The molecule has 0 spiro atoms. The van der Waals surface area contributed by atoms with E-state index in [2.05, 4.69) is 30.5 Å². The fraction of sp³-hybridized carbons (Fsp3) is 0.370. The summed E-state index contributed by atoms with van der Waals surface area (Å²) in [5.74, 6) is -0.156. The number of nitrogens with zero attached hydrogens (tertiary/aromatic N) is 8. The number of carboxylic acids is 1. The van der Waals surface area contributed by atoms with Gasteiger partial charge in [0.05, 0.1) is 40.6 Å². The number of aromatic carboxylic acids is 1. The maximum Gasteiger partial charge on any atom is 0.355 e. The third-order valence-electron chi connectivity index (χ3n) is 14.6. The molecule has 7 heterocycles. The van der Waals surface area contributed by atoms with Gasteiger partial charge in [0.1, 0.15) is 17.4 Å². The standard InChI is InChI=1S/C54H56N10O7S/c1-32-30-36(71-35-12-10-34(11-13-35)70-29-28-62-24-26-63(27-25-62)46-20-17-40-48(60-61(2)50(40)57-46)41-18-21-47(65)58-52(41)67)14-15-37(32)38-16-19-45(56-49(38)53(68)69)64-23-22-33-6-5-7-39(42(33)31-64)51(66)59-54-55-43-8-3-4-9-44(43)72-54/h3-9,14-17,19-20,30,34-35,41H,10-13,18,21-29,31H2,1-2H3,(H,68,69)(H,55,59,66)(H,58,65,67). The first-order valence-electron chi connectivity index (χ1n) is 24.8. The Labute approximate surface area is 420 Å². The quantitative estimate of drug-likeness (QED) is 0.0960. The number of benzene rings is 3. The molecule has 72 heavy (non-hydrogen) atoms. The third kappa shape index (κ3) is 9.73. The second-order valence-corrected chi connectivity index (χ2v) is 20.2. The van der Waals surface area contributed by atoms with Crippen molar-refractivity contribution in [1.29, 1.82) is 0 Å². The van der Waals surface area contributed by atoms with Crippen molar-refractivity contribution in [3.05, 3.63) is 119 Å². The van der Waals surface area contributed by atoms with Crippen molar-refractivity contribution in [3.63, 3.8) is 0 Å². The number of imide groups is 1. The molecule has 3 amide bonds. The number of piperidine rings is 1. The molecular formula is C54H56N10O7S. The van der Waals surface area contributed by atoms with E-state index in [1.165, 1.54) is 11.3 Å². The predicted octanol–water partition coefficient (Wildman–Crippen LogP) is 7.51. The number of carboxylic acid groups (broad SMARTS) is 1. The van der Waals surface area contributed by atoms with Crippen LogP contribution in [0.1, 0.15) is 87.7 Å². The molecule has 1 unspecified atom stereocenters. The highest BCUT2D eigenvalue weighted by Gasteiger charge is 2.33. The SMILES string of the molecule is Cc1cc(OC2CCC(OCCN3CCN(c4ccc5c(C6CCC(=O)NC6=O)nn(C)c5n4)CC3)CC2)ccc1-c1ccc(N2CCc3cccc(C(=O)Nc4nc5ccccc5s4)c3C2)nc1C(=O)O. The number of fused-ring (bicyclic) bond motifs is 3. The lowest BCUT2D eigenvalue weighted by Crippen LogP contribution is -2.47. The molecule has 3 aromatic carbocycles. The first-order valence-corrected chi connectivity index (χ1v) is 25.6. The van der Waals surface area contributed by atoms with Crippen LogP contribution in [0.5, 0.6) is 5.75 Å². The maximum absolute atomic E-state index is 13.6. The number of hydrogen-bond donors (Lipinski definition) is 3. The van der Waals surface area contributed by atoms with Crippen LogP contribution in [0.15, 0.2) is 84.9 Å². The van der Waals surface area contributed by atoms with Crippen molar-refractivity contribution in [2.24, 2.45) is 7.05 Å². The van der Waals surface area contributed by atoms with Crippen molar-refractivity contribution in [2.45, 2.75) is 76.5 Å². The zero-order valence-corrected chi connectivity index (χ0v) is 41.1. The van der Waals surface area contributed by atoms with E-state index in [0.717, 1.165) is 113 Å². The van der Waals surface area contributed by atoms with Crippen LogP contribution in [0.25, 0.3) is 32.4 Å². The van der Waals surface area contributed by atoms with Crippen LogP contribution in [0, 0.1) is 6.92 Å². The van der Waals surface area contributed by atoms with Gasteiger partial charge in [0.25, 0.3) is 5.91 Å². The van der Waals surface area contributed by atoms with Crippen LogP contribution < -0.4 is 25.2 Å². The van der Waals surface area contributed by atoms with E-state index in [4.69, 9.17) is 19.4 Å². The summed E-state index contributed by atoms with van der Waals surface area (Å²) in [5, 5.41) is 21.9. The Balaban J connectivity index is 0.648. The molecule has 4 aromatic heterocycles. The van der Waals surface area contributed by atoms with Crippen LogP contribution >= 0.6 is 11.3 Å². The van der Waals surface area contributed by atoms with E-state index < -0.39 is 11.9 Å². The minimum absolute atomic E-state index is 0.0293. The minimum atomic E-state index is -1.11. The Morgan fingerprint density at radius 1 is 0.819 bits per heavy atom. The minimum Gasteiger partial charge on any atom is -0.490 e. The van der Waals surface area contributed by atoms with Gasteiger partial charge < -0.3 is 24.4 Å². The summed E-state index contributed by atoms with van der Waals surface area (Å²) >= 11 is 1.43. The molecular weight excluding hydrogens is 933 g/mol. The number of amides is 3. The summed E-state index contributed by atoms with van der Waals surface area (Å²) in [4.78, 5) is 71.7. The average molecular weight is 989 g/mol. The van der Waals surface area contributed by atoms with Crippen molar-refractivity contribution in [1.82, 2.24) is 34.9 Å². The van der Waals surface area contributed by atoms with Gasteiger partial charge in [-0.1, -0.05) is 41.7 Å². The van der Waals surface area contributed by atoms with Gasteiger partial charge in [-0.15, -0.1) is 0 Å². The average Bonchev–Trinajstić information content (AvgIpc) is 3.95. The van der Waals surface area contributed by atoms with Crippen LogP contribution in [0.2, 0.25) is 0 Å². The molecule has 18 heteroatoms. The molecule has 1 atom stereocenters. The number of piperazine rings is 1. The van der Waals surface area contributed by atoms with Crippen LogP contribution in [0.3, 0.4) is 0 Å². The number of nitrogens with one attached hydrogen (secondary N) is 2. The molecule has 1 aliphatic carbocycles. The van der Waals surface area contributed by atoms with E-state index in [0.29, 0.717) is 66.7 Å². The summed E-state index contributed by atoms with van der Waals surface area (Å²) in [7, 11) is 1.84. The van der Waals surface area contributed by atoms with Gasteiger partial charge in [-0.3, -0.25) is 34.6 Å². The highest BCUT2D eigenvalue weighted by atomic mass is 32.1. The topological polar surface area (TPSA) is 197 Å². The first kappa shape index (κ1) is 47.1. The third-order valence-corrected chi connectivity index (χ3v) is 15.5. The molecule has 11 rings (SSSR count). The van der Waals surface area contributed by atoms with Gasteiger partial charge >= 0.3 is 5.97 Å². The van der Waals surface area contributed by atoms with Crippen LogP contribution in [-0.2, 0) is 34.3 Å². The first-order chi connectivity index (χ1) is 35.0. The molecule has 17 nitrogen and oxygen atoms in total. The molecule has 4 aliphatic rings. The lowest BCUT2D eigenvalue weighted by Gasteiger charge is -2.36. The number of pyridine rings is 2. The summed E-state index contributed by atoms with van der Waals surface area (Å²) in [6.45, 7) is 8.03. The lowest BCUT2D eigenvalue weighted by atomic mass is 9.93. The Morgan fingerprint density at radius 3 is 2.39 bits per heavy atom. The second-order valence-electron chi connectivity index (χ2n) is 19.2. The number of rotatable bonds is 13. The summed E-state index contributed by atoms with van der Waals surface area (Å²) < 4.78 is 15.6. The van der Waals surface area contributed by atoms with E-state index in [1.807, 2.05) is 104 Å². The predicted molar refractivity (Wildman–Crippen MR) is 275 cm³/mol. The van der Waals surface area contributed by atoms with Crippen molar-refractivity contribution in [3.8, 4) is 16.9 Å². The van der Waals surface area contributed by atoms with Crippen LogP contribution in [-0.4, -0.2) is 117 Å². The number of anilines is 3. The van der Waals surface area contributed by atoms with Gasteiger partial charge in [-0.2, -0.15) is 5.10 Å². The number of hydrogen-bond acceptors (Lipinski definition) is 14. The monoisotopic (exact) mass is 988 g/mol. The summed E-state index contributed by atoms with van der Waals surface area (Å²) in [5.41, 5.74) is 6.94. The molecule has 1 saturated carbocycles. The van der Waals surface area contributed by atoms with Gasteiger partial charge in [0.15, 0.2) is 16.5 Å². The van der Waals surface area contributed by atoms with E-state index in [-0.39, 0.29) is 35.6 Å². The summed E-state index contributed by atoms with van der Waals surface area (Å²) in [6.07, 6.45) is 5.31. The zero-order chi connectivity index (χ0) is 49.5. The summed E-state index contributed by atoms with van der Waals surface area (Å²) in [6, 6.07) is 27.1. The van der Waals surface area contributed by atoms with Gasteiger partial charge in [0.2, 0.25) is 11.8 Å². The Morgan fingerprint density at radius 2 is 1.60 bits per heavy atom. The molecule has 3 aliphatic heterocycles. The highest BCUT2D eigenvalue weighted by molar-refractivity contribution is 7.22. The van der Waals surface area contributed by atoms with Crippen molar-refractivity contribution < 1.29 is 33.8 Å². The number of aromatic nitrogens is 5. The molecule has 0 radical (unpaired) electrons. The highest BCUT2D eigenvalue weighted by Crippen LogP contribution is 2.36. The normalized spacial score (nSPS) is 19.6. The smallest absolute Gasteiger partial charge is 0.355 e. The molecule has 7 aromatic rings.